The molecule has 1 aliphatic rings. The average Bonchev–Trinajstić information content (AvgIpc) is 2.08. The molecule has 10 heavy (non-hydrogen) atoms. The summed E-state index contributed by atoms with van der Waals surface area (Å²) in [7, 11) is 6.90. The maximum atomic E-state index is 2.30. The highest BCUT2D eigenvalue weighted by Gasteiger charge is 2.26. The summed E-state index contributed by atoms with van der Waals surface area (Å²) in [6.45, 7) is 0. The summed E-state index contributed by atoms with van der Waals surface area (Å²) < 4.78 is 1.17. The van der Waals surface area contributed by atoms with Crippen LogP contribution in [0, 0.1) is 0 Å². The maximum Gasteiger partial charge on any atom is 0.0884 e. The molecule has 0 amide bonds. The van der Waals surface area contributed by atoms with Crippen LogP contribution in [-0.2, 0) is 0 Å². The largest absolute Gasteiger partial charge is 0.870 e. The van der Waals surface area contributed by atoms with E-state index in [9.17, 15) is 0 Å². The minimum absolute atomic E-state index is 0. The van der Waals surface area contributed by atoms with Crippen LogP contribution in [0.25, 0.3) is 0 Å². The second-order valence-corrected chi connectivity index (χ2v) is 4.05. The molecular weight excluding hydrogens is 126 g/mol. The molecule has 1 fully saturated rings. The van der Waals surface area contributed by atoms with Crippen LogP contribution in [0.15, 0.2) is 0 Å². The standard InChI is InChI=1S/C8H18N.H2O/c1-9(2,3)8-6-4-5-7-8;/h8H,4-7H2,1-3H3;1H2/q+1;/p-1. The summed E-state index contributed by atoms with van der Waals surface area (Å²) in [5.74, 6) is 0. The van der Waals surface area contributed by atoms with Gasteiger partial charge in [0.25, 0.3) is 0 Å². The first-order valence-electron chi connectivity index (χ1n) is 3.92. The van der Waals surface area contributed by atoms with Crippen molar-refractivity contribution in [3.8, 4) is 0 Å². The first-order chi connectivity index (χ1) is 4.11. The summed E-state index contributed by atoms with van der Waals surface area (Å²) >= 11 is 0. The number of quaternary nitrogens is 1. The van der Waals surface area contributed by atoms with Gasteiger partial charge in [-0.25, -0.2) is 0 Å². The quantitative estimate of drug-likeness (QED) is 0.514. The van der Waals surface area contributed by atoms with Crippen LogP contribution in [0.3, 0.4) is 0 Å². The molecule has 0 radical (unpaired) electrons. The van der Waals surface area contributed by atoms with Crippen molar-refractivity contribution in [3.05, 3.63) is 0 Å². The number of rotatable bonds is 1. The van der Waals surface area contributed by atoms with Gasteiger partial charge in [0.1, 0.15) is 0 Å². The van der Waals surface area contributed by atoms with Gasteiger partial charge in [0, 0.05) is 0 Å². The first-order valence-corrected chi connectivity index (χ1v) is 3.92. The highest BCUT2D eigenvalue weighted by atomic mass is 16.0. The predicted octanol–water partition coefficient (Wildman–Crippen LogP) is 1.46. The van der Waals surface area contributed by atoms with Gasteiger partial charge in [-0.05, 0) is 25.7 Å². The molecule has 0 aromatic heterocycles. The summed E-state index contributed by atoms with van der Waals surface area (Å²) in [6, 6.07) is 0.949. The van der Waals surface area contributed by atoms with Gasteiger partial charge in [0.05, 0.1) is 27.2 Å². The SMILES string of the molecule is C[N+](C)(C)C1CCCC1.[OH-]. The van der Waals surface area contributed by atoms with Crippen LogP contribution < -0.4 is 0 Å². The number of nitrogens with zero attached hydrogens (tertiary/aromatic N) is 1. The smallest absolute Gasteiger partial charge is 0.0884 e. The van der Waals surface area contributed by atoms with Gasteiger partial charge in [-0.2, -0.15) is 0 Å². The van der Waals surface area contributed by atoms with Gasteiger partial charge in [-0.3, -0.25) is 0 Å². The van der Waals surface area contributed by atoms with E-state index in [1.54, 1.807) is 0 Å². The number of hydrogen-bond donors (Lipinski definition) is 0. The minimum Gasteiger partial charge on any atom is -0.870 e. The molecule has 0 unspecified atom stereocenters. The summed E-state index contributed by atoms with van der Waals surface area (Å²) in [4.78, 5) is 0. The molecule has 0 spiro atoms. The van der Waals surface area contributed by atoms with E-state index >= 15 is 0 Å². The van der Waals surface area contributed by atoms with Gasteiger partial charge in [0.2, 0.25) is 0 Å². The zero-order valence-corrected chi connectivity index (χ0v) is 7.30. The summed E-state index contributed by atoms with van der Waals surface area (Å²) in [5.41, 5.74) is 0. The van der Waals surface area contributed by atoms with E-state index < -0.39 is 0 Å². The van der Waals surface area contributed by atoms with E-state index in [1.807, 2.05) is 0 Å². The van der Waals surface area contributed by atoms with Gasteiger partial charge in [-0.15, -0.1) is 0 Å². The molecule has 1 N–H and O–H groups in total. The van der Waals surface area contributed by atoms with E-state index in [0.717, 1.165) is 6.04 Å². The Hall–Kier alpha value is -0.0800. The summed E-state index contributed by atoms with van der Waals surface area (Å²) in [6.07, 6.45) is 5.81. The lowest BCUT2D eigenvalue weighted by molar-refractivity contribution is -0.895. The molecule has 0 bridgehead atoms. The normalized spacial score (nSPS) is 20.7. The van der Waals surface area contributed by atoms with Crippen LogP contribution in [0.1, 0.15) is 25.7 Å². The maximum absolute atomic E-state index is 2.30. The zero-order valence-electron chi connectivity index (χ0n) is 7.30. The molecule has 2 heteroatoms. The minimum atomic E-state index is 0. The highest BCUT2D eigenvalue weighted by molar-refractivity contribution is 4.66. The Balaban J connectivity index is 0.000000810. The molecule has 0 aliphatic heterocycles. The lowest BCUT2D eigenvalue weighted by atomic mass is 10.2. The van der Waals surface area contributed by atoms with E-state index in [1.165, 1.54) is 30.2 Å². The summed E-state index contributed by atoms with van der Waals surface area (Å²) in [5, 5.41) is 0. The third kappa shape index (κ3) is 2.27. The van der Waals surface area contributed by atoms with Crippen molar-refractivity contribution < 1.29 is 9.96 Å². The van der Waals surface area contributed by atoms with Crippen LogP contribution in [-0.4, -0.2) is 37.1 Å². The van der Waals surface area contributed by atoms with Crippen LogP contribution >= 0.6 is 0 Å². The molecule has 0 saturated heterocycles. The molecule has 1 saturated carbocycles. The molecule has 0 atom stereocenters. The van der Waals surface area contributed by atoms with E-state index in [-0.39, 0.29) is 5.48 Å². The molecular formula is C8H19NO. The van der Waals surface area contributed by atoms with E-state index in [4.69, 9.17) is 0 Å². The molecule has 0 aromatic carbocycles. The topological polar surface area (TPSA) is 30.0 Å². The lowest BCUT2D eigenvalue weighted by Crippen LogP contribution is -2.43. The van der Waals surface area contributed by atoms with Gasteiger partial charge in [0.15, 0.2) is 0 Å². The third-order valence-electron chi connectivity index (χ3n) is 2.42. The van der Waals surface area contributed by atoms with Crippen molar-refractivity contribution in [1.82, 2.24) is 0 Å². The zero-order chi connectivity index (χ0) is 6.91. The van der Waals surface area contributed by atoms with Crippen LogP contribution in [0.2, 0.25) is 0 Å². The van der Waals surface area contributed by atoms with Crippen molar-refractivity contribution in [3.63, 3.8) is 0 Å². The molecule has 1 aliphatic carbocycles. The fourth-order valence-corrected chi connectivity index (χ4v) is 1.68. The molecule has 2 nitrogen and oxygen atoms in total. The van der Waals surface area contributed by atoms with Gasteiger partial charge >= 0.3 is 0 Å². The van der Waals surface area contributed by atoms with Crippen molar-refractivity contribution in [1.29, 1.82) is 0 Å². The number of hydrogen-bond acceptors (Lipinski definition) is 1. The van der Waals surface area contributed by atoms with Gasteiger partial charge in [-0.1, -0.05) is 0 Å². The fourth-order valence-electron chi connectivity index (χ4n) is 1.68. The fraction of sp³-hybridized carbons (Fsp3) is 1.00. The predicted molar refractivity (Wildman–Crippen MR) is 42.2 cm³/mol. The van der Waals surface area contributed by atoms with Crippen molar-refractivity contribution in [2.75, 3.05) is 21.1 Å². The second kappa shape index (κ2) is 3.35. The molecule has 0 heterocycles. The van der Waals surface area contributed by atoms with E-state index in [0.29, 0.717) is 0 Å². The lowest BCUT2D eigenvalue weighted by Gasteiger charge is -2.31. The van der Waals surface area contributed by atoms with Crippen molar-refractivity contribution in [2.24, 2.45) is 0 Å². The third-order valence-corrected chi connectivity index (χ3v) is 2.42. The average molecular weight is 145 g/mol. The van der Waals surface area contributed by atoms with Crippen molar-refractivity contribution in [2.45, 2.75) is 31.7 Å². The Morgan fingerprint density at radius 2 is 1.40 bits per heavy atom. The van der Waals surface area contributed by atoms with E-state index in [2.05, 4.69) is 21.1 Å². The van der Waals surface area contributed by atoms with Crippen LogP contribution in [0.5, 0.6) is 0 Å². The monoisotopic (exact) mass is 145 g/mol. The Bertz CT molecular complexity index is 89.9. The second-order valence-electron chi connectivity index (χ2n) is 4.05. The Labute approximate surface area is 63.7 Å². The first kappa shape index (κ1) is 9.92. The molecule has 1 rings (SSSR count). The Morgan fingerprint density at radius 3 is 1.60 bits per heavy atom. The highest BCUT2D eigenvalue weighted by Crippen LogP contribution is 2.24. The van der Waals surface area contributed by atoms with Gasteiger partial charge < -0.3 is 9.96 Å². The Kier molecular flexibility index (Phi) is 3.33. The van der Waals surface area contributed by atoms with Crippen molar-refractivity contribution >= 4 is 0 Å². The van der Waals surface area contributed by atoms with Crippen LogP contribution in [0.4, 0.5) is 0 Å². The molecule has 62 valence electrons. The molecule has 0 aromatic rings. The Morgan fingerprint density at radius 1 is 1.00 bits per heavy atom.